The Bertz CT molecular complexity index is 169. The van der Waals surface area contributed by atoms with Crippen LogP contribution in [0.25, 0.3) is 0 Å². The van der Waals surface area contributed by atoms with E-state index >= 15 is 0 Å². The van der Waals surface area contributed by atoms with Crippen molar-refractivity contribution in [3.63, 3.8) is 0 Å². The van der Waals surface area contributed by atoms with Crippen molar-refractivity contribution in [3.05, 3.63) is 0 Å². The second-order valence-corrected chi connectivity index (χ2v) is 4.53. The van der Waals surface area contributed by atoms with Crippen molar-refractivity contribution in [2.75, 3.05) is 7.11 Å². The van der Waals surface area contributed by atoms with E-state index in [9.17, 15) is 5.11 Å². The summed E-state index contributed by atoms with van der Waals surface area (Å²) in [6.45, 7) is 0. The summed E-state index contributed by atoms with van der Waals surface area (Å²) in [5, 5.41) is 9.86. The molecule has 0 bridgehead atoms. The van der Waals surface area contributed by atoms with Gasteiger partial charge < -0.3 is 9.84 Å². The Morgan fingerprint density at radius 1 is 1.00 bits per heavy atom. The third-order valence-corrected chi connectivity index (χ3v) is 3.90. The van der Waals surface area contributed by atoms with Gasteiger partial charge in [0.1, 0.15) is 0 Å². The average molecular weight is 184 g/mol. The van der Waals surface area contributed by atoms with Gasteiger partial charge in [0, 0.05) is 7.11 Å². The fraction of sp³-hybridized carbons (Fsp3) is 1.00. The van der Waals surface area contributed by atoms with Gasteiger partial charge >= 0.3 is 0 Å². The van der Waals surface area contributed by atoms with Crippen molar-refractivity contribution in [3.8, 4) is 0 Å². The molecule has 0 aromatic carbocycles. The fourth-order valence-electron chi connectivity index (χ4n) is 3.18. The highest BCUT2D eigenvalue weighted by molar-refractivity contribution is 4.90. The monoisotopic (exact) mass is 184 g/mol. The van der Waals surface area contributed by atoms with Crippen LogP contribution in [0.5, 0.6) is 0 Å². The molecule has 0 aromatic heterocycles. The summed E-state index contributed by atoms with van der Waals surface area (Å²) in [4.78, 5) is 0. The van der Waals surface area contributed by atoms with Gasteiger partial charge in [0.05, 0.1) is 12.2 Å². The van der Waals surface area contributed by atoms with Gasteiger partial charge in [-0.3, -0.25) is 0 Å². The zero-order valence-electron chi connectivity index (χ0n) is 8.41. The Balaban J connectivity index is 2.05. The van der Waals surface area contributed by atoms with Crippen molar-refractivity contribution in [2.24, 2.45) is 11.8 Å². The van der Waals surface area contributed by atoms with Crippen LogP contribution < -0.4 is 0 Å². The molecule has 2 nitrogen and oxygen atoms in total. The molecule has 2 saturated carbocycles. The first-order valence-corrected chi connectivity index (χ1v) is 5.54. The lowest BCUT2D eigenvalue weighted by Crippen LogP contribution is -2.43. The minimum atomic E-state index is -0.0447. The lowest BCUT2D eigenvalue weighted by molar-refractivity contribution is -0.0772. The second kappa shape index (κ2) is 3.97. The maximum atomic E-state index is 9.86. The summed E-state index contributed by atoms with van der Waals surface area (Å²) in [6, 6.07) is 0. The van der Waals surface area contributed by atoms with Crippen LogP contribution in [-0.4, -0.2) is 24.4 Å². The summed E-state index contributed by atoms with van der Waals surface area (Å²) < 4.78 is 5.50. The fourth-order valence-corrected chi connectivity index (χ4v) is 3.18. The highest BCUT2D eigenvalue weighted by Gasteiger charge is 2.39. The third kappa shape index (κ3) is 1.75. The third-order valence-electron chi connectivity index (χ3n) is 3.90. The lowest BCUT2D eigenvalue weighted by Gasteiger charge is -2.43. The van der Waals surface area contributed by atoms with Gasteiger partial charge in [-0.2, -0.15) is 0 Å². The van der Waals surface area contributed by atoms with E-state index in [1.54, 1.807) is 0 Å². The molecule has 13 heavy (non-hydrogen) atoms. The zero-order chi connectivity index (χ0) is 9.26. The van der Waals surface area contributed by atoms with Gasteiger partial charge in [-0.05, 0) is 37.5 Å². The van der Waals surface area contributed by atoms with Gasteiger partial charge in [0.25, 0.3) is 0 Å². The summed E-state index contributed by atoms with van der Waals surface area (Å²) in [6.07, 6.45) is 7.48. The van der Waals surface area contributed by atoms with Crippen molar-refractivity contribution < 1.29 is 9.84 Å². The molecule has 4 unspecified atom stereocenters. The first-order chi connectivity index (χ1) is 6.33. The molecule has 0 heterocycles. The van der Waals surface area contributed by atoms with E-state index in [-0.39, 0.29) is 6.10 Å². The Labute approximate surface area is 80.3 Å². The van der Waals surface area contributed by atoms with Crippen LogP contribution in [0.4, 0.5) is 0 Å². The second-order valence-electron chi connectivity index (χ2n) is 4.53. The van der Waals surface area contributed by atoms with Gasteiger partial charge in [-0.25, -0.2) is 0 Å². The first-order valence-electron chi connectivity index (χ1n) is 5.54. The standard InChI is InChI=1S/C11H20O2/c1-13-11-7-6-10(12)8-4-2-3-5-9(8)11/h8-12H,2-7H2,1H3. The number of aliphatic hydroxyl groups is 1. The highest BCUT2D eigenvalue weighted by atomic mass is 16.5. The van der Waals surface area contributed by atoms with Crippen molar-refractivity contribution in [2.45, 2.75) is 50.7 Å². The number of hydrogen-bond donors (Lipinski definition) is 1. The maximum absolute atomic E-state index is 9.86. The number of fused-ring (bicyclic) bond motifs is 1. The Hall–Kier alpha value is -0.0800. The van der Waals surface area contributed by atoms with E-state index in [0.29, 0.717) is 17.9 Å². The number of aliphatic hydroxyl groups excluding tert-OH is 1. The van der Waals surface area contributed by atoms with Gasteiger partial charge in [0.2, 0.25) is 0 Å². The molecule has 2 fully saturated rings. The Kier molecular flexibility index (Phi) is 2.89. The summed E-state index contributed by atoms with van der Waals surface area (Å²) in [7, 11) is 1.81. The van der Waals surface area contributed by atoms with Crippen LogP contribution in [0.15, 0.2) is 0 Å². The van der Waals surface area contributed by atoms with E-state index < -0.39 is 0 Å². The highest BCUT2D eigenvalue weighted by Crippen LogP contribution is 2.41. The first kappa shape index (κ1) is 9.47. The molecule has 2 heteroatoms. The van der Waals surface area contributed by atoms with Crippen molar-refractivity contribution in [1.29, 1.82) is 0 Å². The molecule has 0 aliphatic heterocycles. The molecule has 0 spiro atoms. The quantitative estimate of drug-likeness (QED) is 0.675. The molecule has 2 rings (SSSR count). The summed E-state index contributed by atoms with van der Waals surface area (Å²) >= 11 is 0. The molecule has 2 aliphatic carbocycles. The topological polar surface area (TPSA) is 29.5 Å². The summed E-state index contributed by atoms with van der Waals surface area (Å²) in [5.74, 6) is 1.18. The van der Waals surface area contributed by atoms with Crippen LogP contribution in [-0.2, 0) is 4.74 Å². The molecule has 0 amide bonds. The number of ether oxygens (including phenoxy) is 1. The van der Waals surface area contributed by atoms with E-state index in [1.807, 2.05) is 7.11 Å². The minimum Gasteiger partial charge on any atom is -0.393 e. The van der Waals surface area contributed by atoms with Crippen molar-refractivity contribution in [1.82, 2.24) is 0 Å². The molecular formula is C11H20O2. The molecular weight excluding hydrogens is 164 g/mol. The smallest absolute Gasteiger partial charge is 0.0604 e. The molecule has 0 saturated heterocycles. The molecule has 2 aliphatic rings. The van der Waals surface area contributed by atoms with E-state index in [1.165, 1.54) is 25.7 Å². The summed E-state index contributed by atoms with van der Waals surface area (Å²) in [5.41, 5.74) is 0. The zero-order valence-corrected chi connectivity index (χ0v) is 8.41. The van der Waals surface area contributed by atoms with Crippen LogP contribution in [0.1, 0.15) is 38.5 Å². The normalized spacial score (nSPS) is 45.7. The van der Waals surface area contributed by atoms with Gasteiger partial charge in [0.15, 0.2) is 0 Å². The number of methoxy groups -OCH3 is 1. The molecule has 0 radical (unpaired) electrons. The predicted octanol–water partition coefficient (Wildman–Crippen LogP) is 1.96. The molecule has 76 valence electrons. The van der Waals surface area contributed by atoms with Gasteiger partial charge in [-0.1, -0.05) is 12.8 Å². The largest absolute Gasteiger partial charge is 0.393 e. The maximum Gasteiger partial charge on any atom is 0.0604 e. The lowest BCUT2D eigenvalue weighted by atomic mass is 9.68. The van der Waals surface area contributed by atoms with Gasteiger partial charge in [-0.15, -0.1) is 0 Å². The van der Waals surface area contributed by atoms with Crippen LogP contribution in [0.2, 0.25) is 0 Å². The molecule has 0 aromatic rings. The van der Waals surface area contributed by atoms with Crippen LogP contribution >= 0.6 is 0 Å². The number of rotatable bonds is 1. The predicted molar refractivity (Wildman–Crippen MR) is 51.5 cm³/mol. The van der Waals surface area contributed by atoms with Crippen molar-refractivity contribution >= 4 is 0 Å². The Morgan fingerprint density at radius 3 is 2.38 bits per heavy atom. The average Bonchev–Trinajstić information content (AvgIpc) is 2.19. The van der Waals surface area contributed by atoms with E-state index in [0.717, 1.165) is 12.8 Å². The number of hydrogen-bond acceptors (Lipinski definition) is 2. The van der Waals surface area contributed by atoms with E-state index in [2.05, 4.69) is 0 Å². The molecule has 4 atom stereocenters. The van der Waals surface area contributed by atoms with E-state index in [4.69, 9.17) is 4.74 Å². The Morgan fingerprint density at radius 2 is 1.69 bits per heavy atom. The minimum absolute atomic E-state index is 0.0447. The SMILES string of the molecule is COC1CCC(O)C2CCCCC12. The van der Waals surface area contributed by atoms with Crippen LogP contribution in [0.3, 0.4) is 0 Å². The van der Waals surface area contributed by atoms with Crippen LogP contribution in [0, 0.1) is 11.8 Å². The molecule has 1 N–H and O–H groups in total.